The van der Waals surface area contributed by atoms with Gasteiger partial charge in [-0.15, -0.1) is 0 Å². The second kappa shape index (κ2) is 11.9. The molecule has 12 heteroatoms. The maximum Gasteiger partial charge on any atom is 0.471 e. The molecule has 0 aliphatic heterocycles. The van der Waals surface area contributed by atoms with Crippen LogP contribution >= 0.6 is 0 Å². The third kappa shape index (κ3) is 7.39. The van der Waals surface area contributed by atoms with Gasteiger partial charge in [-0.3, -0.25) is 4.79 Å². The van der Waals surface area contributed by atoms with Crippen molar-refractivity contribution in [2.24, 2.45) is 0 Å². The van der Waals surface area contributed by atoms with Gasteiger partial charge in [-0.1, -0.05) is 36.4 Å². The Morgan fingerprint density at radius 3 is 1.88 bits per heavy atom. The van der Waals surface area contributed by atoms with Gasteiger partial charge in [0, 0.05) is 0 Å². The van der Waals surface area contributed by atoms with Gasteiger partial charge in [0.2, 0.25) is 0 Å². The summed E-state index contributed by atoms with van der Waals surface area (Å²) in [6.07, 6.45) is -12.0. The van der Waals surface area contributed by atoms with Crippen molar-refractivity contribution >= 4 is 24.1 Å². The Kier molecular flexibility index (Phi) is 9.27. The Bertz CT molecular complexity index is 985. The van der Waals surface area contributed by atoms with Crippen molar-refractivity contribution in [2.45, 2.75) is 30.5 Å². The molecule has 0 aromatic heterocycles. The molecule has 0 saturated carbocycles. The molecule has 0 radical (unpaired) electrons. The highest BCUT2D eigenvalue weighted by Gasteiger charge is 2.43. The average Bonchev–Trinajstić information content (AvgIpc) is 2.83. The zero-order valence-electron chi connectivity index (χ0n) is 17.3. The first-order valence-electron chi connectivity index (χ1n) is 9.72. The van der Waals surface area contributed by atoms with Crippen LogP contribution in [0, 0.1) is 0 Å². The lowest BCUT2D eigenvalue weighted by Gasteiger charge is -2.30. The standard InChI is InChI=1S/C22H20F3NO8/c23-22(24,25)21(32)26-15(11-27)17(29)18(34-20(31)14-9-5-2-6-10-14)16(28)12-33-19(30)13-7-3-1-4-8-13/h1-11,15-18,28-29H,12H2,(H,26,32)/t15-,16+,17+,18+/m0/s1. The highest BCUT2D eigenvalue weighted by Crippen LogP contribution is 2.17. The lowest BCUT2D eigenvalue weighted by atomic mass is 10.0. The lowest BCUT2D eigenvalue weighted by Crippen LogP contribution is -2.57. The van der Waals surface area contributed by atoms with Gasteiger partial charge in [0.15, 0.2) is 6.10 Å². The SMILES string of the molecule is O=C[C@H](NC(=O)C(F)(F)F)[C@@H](O)[C@H](OC(=O)c1ccccc1)[C@H](O)COC(=O)c1ccccc1. The van der Waals surface area contributed by atoms with Crippen molar-refractivity contribution in [1.82, 2.24) is 5.32 Å². The molecule has 182 valence electrons. The molecule has 2 aromatic rings. The van der Waals surface area contributed by atoms with Gasteiger partial charge in [0.1, 0.15) is 31.1 Å². The van der Waals surface area contributed by atoms with Crippen LogP contribution in [0.3, 0.4) is 0 Å². The van der Waals surface area contributed by atoms with Crippen molar-refractivity contribution in [1.29, 1.82) is 0 Å². The summed E-state index contributed by atoms with van der Waals surface area (Å²) in [5.41, 5.74) is 0.0615. The third-order valence-corrected chi connectivity index (χ3v) is 4.43. The Morgan fingerprint density at radius 1 is 0.912 bits per heavy atom. The van der Waals surface area contributed by atoms with Crippen LogP contribution in [-0.4, -0.2) is 71.5 Å². The van der Waals surface area contributed by atoms with Crippen molar-refractivity contribution < 1.29 is 52.0 Å². The molecule has 0 saturated heterocycles. The van der Waals surface area contributed by atoms with E-state index in [1.807, 2.05) is 0 Å². The minimum atomic E-state index is -5.37. The second-order valence-corrected chi connectivity index (χ2v) is 6.89. The van der Waals surface area contributed by atoms with E-state index in [-0.39, 0.29) is 17.4 Å². The molecule has 0 bridgehead atoms. The summed E-state index contributed by atoms with van der Waals surface area (Å²) in [5, 5.41) is 22.1. The zero-order valence-corrected chi connectivity index (χ0v) is 17.3. The number of aliphatic hydroxyl groups excluding tert-OH is 2. The number of carbonyl (C=O) groups excluding carboxylic acids is 4. The van der Waals surface area contributed by atoms with E-state index >= 15 is 0 Å². The number of hydrogen-bond acceptors (Lipinski definition) is 8. The van der Waals surface area contributed by atoms with Gasteiger partial charge in [-0.25, -0.2) is 9.59 Å². The van der Waals surface area contributed by atoms with Gasteiger partial charge < -0.3 is 29.8 Å². The van der Waals surface area contributed by atoms with Crippen LogP contribution < -0.4 is 5.32 Å². The molecule has 2 aromatic carbocycles. The number of carbonyl (C=O) groups is 4. The summed E-state index contributed by atoms with van der Waals surface area (Å²) < 4.78 is 47.6. The van der Waals surface area contributed by atoms with E-state index in [9.17, 15) is 42.6 Å². The van der Waals surface area contributed by atoms with Crippen molar-refractivity contribution in [3.8, 4) is 0 Å². The molecule has 0 aliphatic carbocycles. The van der Waals surface area contributed by atoms with Crippen molar-refractivity contribution in [2.75, 3.05) is 6.61 Å². The third-order valence-electron chi connectivity index (χ3n) is 4.43. The van der Waals surface area contributed by atoms with Crippen LogP contribution in [0.1, 0.15) is 20.7 Å². The van der Waals surface area contributed by atoms with Crippen molar-refractivity contribution in [3.63, 3.8) is 0 Å². The summed E-state index contributed by atoms with van der Waals surface area (Å²) in [4.78, 5) is 47.0. The summed E-state index contributed by atoms with van der Waals surface area (Å²) in [5.74, 6) is -4.54. The predicted molar refractivity (Wildman–Crippen MR) is 108 cm³/mol. The monoisotopic (exact) mass is 483 g/mol. The molecule has 0 heterocycles. The number of aliphatic hydroxyl groups is 2. The number of esters is 2. The van der Waals surface area contributed by atoms with Gasteiger partial charge in [-0.05, 0) is 24.3 Å². The Hall–Kier alpha value is -3.77. The maximum absolute atomic E-state index is 12.6. The zero-order chi connectivity index (χ0) is 25.3. The molecule has 0 aliphatic rings. The van der Waals surface area contributed by atoms with E-state index in [1.54, 1.807) is 24.3 Å². The number of halogens is 3. The molecular weight excluding hydrogens is 463 g/mol. The quantitative estimate of drug-likeness (QED) is 0.337. The molecule has 0 spiro atoms. The number of nitrogens with one attached hydrogen (secondary N) is 1. The molecule has 34 heavy (non-hydrogen) atoms. The summed E-state index contributed by atoms with van der Waals surface area (Å²) in [7, 11) is 0. The van der Waals surface area contributed by atoms with Gasteiger partial charge in [0.25, 0.3) is 0 Å². The minimum Gasteiger partial charge on any atom is -0.459 e. The number of aldehydes is 1. The van der Waals surface area contributed by atoms with Crippen molar-refractivity contribution in [3.05, 3.63) is 71.8 Å². The molecule has 4 atom stereocenters. The highest BCUT2D eigenvalue weighted by atomic mass is 19.4. The van der Waals surface area contributed by atoms with Crippen LogP contribution in [0.5, 0.6) is 0 Å². The van der Waals surface area contributed by atoms with Gasteiger partial charge >= 0.3 is 24.0 Å². The number of ether oxygens (including phenoxy) is 2. The summed E-state index contributed by atoms with van der Waals surface area (Å²) in [6, 6.07) is 12.5. The Labute approximate surface area is 191 Å². The molecule has 3 N–H and O–H groups in total. The largest absolute Gasteiger partial charge is 0.471 e. The smallest absolute Gasteiger partial charge is 0.459 e. The summed E-state index contributed by atoms with van der Waals surface area (Å²) in [6.45, 7) is -0.865. The molecular formula is C22H20F3NO8. The first-order chi connectivity index (χ1) is 16.0. The van der Waals surface area contributed by atoms with E-state index in [0.717, 1.165) is 0 Å². The molecule has 1 amide bonds. The van der Waals surface area contributed by atoms with Crippen LogP contribution in [0.15, 0.2) is 60.7 Å². The topological polar surface area (TPSA) is 139 Å². The van der Waals surface area contributed by atoms with Crippen LogP contribution in [0.4, 0.5) is 13.2 Å². The first kappa shape index (κ1) is 26.5. The van der Waals surface area contributed by atoms with E-state index in [4.69, 9.17) is 9.47 Å². The van der Waals surface area contributed by atoms with Crippen LogP contribution in [-0.2, 0) is 19.1 Å². The fraction of sp³-hybridized carbons (Fsp3) is 0.273. The van der Waals surface area contributed by atoms with Crippen LogP contribution in [0.2, 0.25) is 0 Å². The van der Waals surface area contributed by atoms with E-state index < -0.39 is 55.0 Å². The maximum atomic E-state index is 12.6. The Balaban J connectivity index is 2.21. The predicted octanol–water partition coefficient (Wildman–Crippen LogP) is 1.04. The molecule has 9 nitrogen and oxygen atoms in total. The van der Waals surface area contributed by atoms with Crippen LogP contribution in [0.25, 0.3) is 0 Å². The number of alkyl halides is 3. The number of rotatable bonds is 10. The van der Waals surface area contributed by atoms with Gasteiger partial charge in [-0.2, -0.15) is 13.2 Å². The fourth-order valence-corrected chi connectivity index (χ4v) is 2.69. The van der Waals surface area contributed by atoms with E-state index in [2.05, 4.69) is 0 Å². The molecule has 0 fully saturated rings. The molecule has 2 rings (SSSR count). The minimum absolute atomic E-state index is 0.0461. The fourth-order valence-electron chi connectivity index (χ4n) is 2.69. The number of amides is 1. The molecule has 0 unspecified atom stereocenters. The normalized spacial score (nSPS) is 14.7. The number of hydrogen-bond donors (Lipinski definition) is 3. The second-order valence-electron chi connectivity index (χ2n) is 6.89. The first-order valence-corrected chi connectivity index (χ1v) is 9.72. The van der Waals surface area contributed by atoms with E-state index in [0.29, 0.717) is 0 Å². The summed E-state index contributed by atoms with van der Waals surface area (Å²) >= 11 is 0. The Morgan fingerprint density at radius 2 is 1.41 bits per heavy atom. The lowest BCUT2D eigenvalue weighted by molar-refractivity contribution is -0.176. The highest BCUT2D eigenvalue weighted by molar-refractivity contribution is 5.90. The average molecular weight is 483 g/mol. The van der Waals surface area contributed by atoms with E-state index in [1.165, 1.54) is 41.7 Å². The number of benzene rings is 2. The van der Waals surface area contributed by atoms with Gasteiger partial charge in [0.05, 0.1) is 11.1 Å².